The lowest BCUT2D eigenvalue weighted by molar-refractivity contribution is 0.0177. The maximum absolute atomic E-state index is 12.4. The van der Waals surface area contributed by atoms with Crippen molar-refractivity contribution in [2.45, 2.75) is 52.7 Å². The molecule has 1 amide bonds. The number of carbonyl (C=O) groups excluding carboxylic acids is 1. The van der Waals surface area contributed by atoms with Crippen LogP contribution in [0.3, 0.4) is 0 Å². The predicted octanol–water partition coefficient (Wildman–Crippen LogP) is 4.67. The highest BCUT2D eigenvalue weighted by molar-refractivity contribution is 5.99. The summed E-state index contributed by atoms with van der Waals surface area (Å²) >= 11 is 0. The van der Waals surface area contributed by atoms with Crippen molar-refractivity contribution in [3.8, 4) is 17.1 Å². The standard InChI is InChI=1S/C27H33N7O3/c1-5-36-21-9-7-18-14-19(6-8-20(18)31-21)23-22-24(28)29-16-30-25(22)34(32-23)15-17-10-12-33(13-11-17)26(35)37-27(2,3)4/h6-9,14,16-17H,5,10-13,15H2,1-4H3,(H2,28,29,30). The molecule has 1 fully saturated rings. The van der Waals surface area contributed by atoms with Gasteiger partial charge in [0.2, 0.25) is 5.88 Å². The van der Waals surface area contributed by atoms with Gasteiger partial charge in [-0.05, 0) is 64.7 Å². The Labute approximate surface area is 215 Å². The lowest BCUT2D eigenvalue weighted by Gasteiger charge is -2.33. The molecule has 194 valence electrons. The number of hydrogen-bond acceptors (Lipinski definition) is 8. The van der Waals surface area contributed by atoms with Crippen molar-refractivity contribution in [3.63, 3.8) is 0 Å². The van der Waals surface area contributed by atoms with Crippen LogP contribution in [0.25, 0.3) is 33.2 Å². The van der Waals surface area contributed by atoms with Crippen molar-refractivity contribution < 1.29 is 14.3 Å². The van der Waals surface area contributed by atoms with Crippen LogP contribution in [0, 0.1) is 5.92 Å². The van der Waals surface area contributed by atoms with E-state index >= 15 is 0 Å². The fourth-order valence-electron chi connectivity index (χ4n) is 4.71. The summed E-state index contributed by atoms with van der Waals surface area (Å²) < 4.78 is 13.0. The molecule has 1 saturated heterocycles. The number of amides is 1. The smallest absolute Gasteiger partial charge is 0.410 e. The van der Waals surface area contributed by atoms with Gasteiger partial charge in [-0.3, -0.25) is 0 Å². The first-order valence-electron chi connectivity index (χ1n) is 12.7. The van der Waals surface area contributed by atoms with E-state index < -0.39 is 5.60 Å². The monoisotopic (exact) mass is 503 g/mol. The van der Waals surface area contributed by atoms with Gasteiger partial charge >= 0.3 is 6.09 Å². The van der Waals surface area contributed by atoms with E-state index in [2.05, 4.69) is 21.0 Å². The number of nitrogens with zero attached hydrogens (tertiary/aromatic N) is 6. The highest BCUT2D eigenvalue weighted by Gasteiger charge is 2.28. The summed E-state index contributed by atoms with van der Waals surface area (Å²) in [7, 11) is 0. The van der Waals surface area contributed by atoms with Crippen LogP contribution in [0.15, 0.2) is 36.7 Å². The lowest BCUT2D eigenvalue weighted by Crippen LogP contribution is -2.42. The van der Waals surface area contributed by atoms with Gasteiger partial charge < -0.3 is 20.1 Å². The van der Waals surface area contributed by atoms with Gasteiger partial charge in [-0.1, -0.05) is 6.07 Å². The molecule has 4 heterocycles. The Morgan fingerprint density at radius 2 is 1.92 bits per heavy atom. The van der Waals surface area contributed by atoms with Crippen LogP contribution in [-0.4, -0.2) is 61.0 Å². The molecule has 2 N–H and O–H groups in total. The number of hydrogen-bond donors (Lipinski definition) is 1. The Balaban J connectivity index is 1.39. The van der Waals surface area contributed by atoms with E-state index in [1.807, 2.05) is 56.6 Å². The number of fused-ring (bicyclic) bond motifs is 2. The van der Waals surface area contributed by atoms with E-state index in [1.165, 1.54) is 6.33 Å². The van der Waals surface area contributed by atoms with Crippen LogP contribution in [0.4, 0.5) is 10.6 Å². The second kappa shape index (κ2) is 9.84. The first-order valence-corrected chi connectivity index (χ1v) is 12.7. The Morgan fingerprint density at radius 1 is 1.14 bits per heavy atom. The van der Waals surface area contributed by atoms with Gasteiger partial charge in [0.15, 0.2) is 5.65 Å². The van der Waals surface area contributed by atoms with Gasteiger partial charge in [-0.15, -0.1) is 0 Å². The maximum atomic E-state index is 12.4. The number of pyridine rings is 1. The molecule has 1 aromatic carbocycles. The second-order valence-corrected chi connectivity index (χ2v) is 10.4. The molecule has 1 aliphatic heterocycles. The summed E-state index contributed by atoms with van der Waals surface area (Å²) in [6, 6.07) is 9.87. The van der Waals surface area contributed by atoms with Gasteiger partial charge in [-0.25, -0.2) is 24.4 Å². The fraction of sp³-hybridized carbons (Fsp3) is 0.444. The SMILES string of the molecule is CCOc1ccc2cc(-c3nn(CC4CCN(C(=O)OC(C)(C)C)CC4)c4ncnc(N)c34)ccc2n1. The topological polar surface area (TPSA) is 121 Å². The fourth-order valence-corrected chi connectivity index (χ4v) is 4.71. The molecule has 0 unspecified atom stereocenters. The minimum Gasteiger partial charge on any atom is -0.478 e. The molecule has 3 aromatic heterocycles. The Bertz CT molecular complexity index is 1440. The number of anilines is 1. The molecule has 0 spiro atoms. The Kier molecular flexibility index (Phi) is 6.57. The largest absolute Gasteiger partial charge is 0.478 e. The van der Waals surface area contributed by atoms with Crippen molar-refractivity contribution in [1.29, 1.82) is 0 Å². The highest BCUT2D eigenvalue weighted by Crippen LogP contribution is 2.33. The third-order valence-electron chi connectivity index (χ3n) is 6.49. The van der Waals surface area contributed by atoms with Crippen LogP contribution in [0.1, 0.15) is 40.5 Å². The number of likely N-dealkylation sites (tertiary alicyclic amines) is 1. The number of nitrogen functional groups attached to an aromatic ring is 1. The first-order chi connectivity index (χ1) is 17.7. The van der Waals surface area contributed by atoms with Crippen molar-refractivity contribution >= 4 is 33.8 Å². The van der Waals surface area contributed by atoms with Crippen LogP contribution < -0.4 is 10.5 Å². The van der Waals surface area contributed by atoms with Gasteiger partial charge in [-0.2, -0.15) is 5.10 Å². The molecular weight excluding hydrogens is 470 g/mol. The molecule has 0 bridgehead atoms. The van der Waals surface area contributed by atoms with Crippen molar-refractivity contribution in [2.24, 2.45) is 5.92 Å². The zero-order valence-corrected chi connectivity index (χ0v) is 21.8. The minimum absolute atomic E-state index is 0.252. The van der Waals surface area contributed by atoms with Crippen LogP contribution in [-0.2, 0) is 11.3 Å². The number of ether oxygens (including phenoxy) is 2. The van der Waals surface area contributed by atoms with Crippen molar-refractivity contribution in [2.75, 3.05) is 25.4 Å². The summed E-state index contributed by atoms with van der Waals surface area (Å²) in [5.41, 5.74) is 9.04. The zero-order valence-electron chi connectivity index (χ0n) is 21.8. The van der Waals surface area contributed by atoms with Gasteiger partial charge in [0, 0.05) is 36.7 Å². The van der Waals surface area contributed by atoms with Crippen LogP contribution in [0.5, 0.6) is 5.88 Å². The normalized spacial score (nSPS) is 14.9. The molecule has 4 aromatic rings. The summed E-state index contributed by atoms with van der Waals surface area (Å²) in [6.45, 7) is 10.2. The predicted molar refractivity (Wildman–Crippen MR) is 142 cm³/mol. The van der Waals surface area contributed by atoms with E-state index in [-0.39, 0.29) is 6.09 Å². The summed E-state index contributed by atoms with van der Waals surface area (Å²) in [6.07, 6.45) is 2.95. The third kappa shape index (κ3) is 5.28. The molecule has 0 radical (unpaired) electrons. The Morgan fingerprint density at radius 3 is 2.65 bits per heavy atom. The maximum Gasteiger partial charge on any atom is 0.410 e. The number of benzene rings is 1. The quantitative estimate of drug-likeness (QED) is 0.417. The van der Waals surface area contributed by atoms with Gasteiger partial charge in [0.25, 0.3) is 0 Å². The summed E-state index contributed by atoms with van der Waals surface area (Å²) in [5, 5.41) is 6.68. The van der Waals surface area contributed by atoms with Gasteiger partial charge in [0.1, 0.15) is 23.4 Å². The van der Waals surface area contributed by atoms with E-state index in [4.69, 9.17) is 20.3 Å². The summed E-state index contributed by atoms with van der Waals surface area (Å²) in [5.74, 6) is 1.35. The molecule has 0 atom stereocenters. The average Bonchev–Trinajstić information content (AvgIpc) is 3.23. The molecule has 5 rings (SSSR count). The molecule has 1 aliphatic rings. The summed E-state index contributed by atoms with van der Waals surface area (Å²) in [4.78, 5) is 27.6. The molecule has 0 aliphatic carbocycles. The van der Waals surface area contributed by atoms with E-state index in [9.17, 15) is 4.79 Å². The third-order valence-corrected chi connectivity index (χ3v) is 6.49. The highest BCUT2D eigenvalue weighted by atomic mass is 16.6. The number of rotatable bonds is 5. The van der Waals surface area contributed by atoms with Crippen LogP contribution in [0.2, 0.25) is 0 Å². The molecule has 0 saturated carbocycles. The van der Waals surface area contributed by atoms with Crippen molar-refractivity contribution in [3.05, 3.63) is 36.7 Å². The molecule has 37 heavy (non-hydrogen) atoms. The van der Waals surface area contributed by atoms with Gasteiger partial charge in [0.05, 0.1) is 17.5 Å². The lowest BCUT2D eigenvalue weighted by atomic mass is 9.97. The van der Waals surface area contributed by atoms with E-state index in [0.29, 0.717) is 49.5 Å². The minimum atomic E-state index is -0.498. The second-order valence-electron chi connectivity index (χ2n) is 10.4. The van der Waals surface area contributed by atoms with Crippen molar-refractivity contribution in [1.82, 2.24) is 29.6 Å². The number of piperidine rings is 1. The zero-order chi connectivity index (χ0) is 26.2. The number of nitrogens with two attached hydrogens (primary N) is 1. The molecular formula is C27H33N7O3. The number of carbonyl (C=O) groups is 1. The number of aromatic nitrogens is 5. The van der Waals surface area contributed by atoms with E-state index in [1.54, 1.807) is 4.90 Å². The first kappa shape index (κ1) is 24.7. The van der Waals surface area contributed by atoms with Crippen LogP contribution >= 0.6 is 0 Å². The average molecular weight is 504 g/mol. The Hall–Kier alpha value is -3.95. The molecule has 10 nitrogen and oxygen atoms in total. The molecule has 10 heteroatoms. The van der Waals surface area contributed by atoms with E-state index in [0.717, 1.165) is 40.4 Å².